The second kappa shape index (κ2) is 11.5. The van der Waals surface area contributed by atoms with Crippen molar-refractivity contribution < 1.29 is 23.9 Å². The molecule has 11 nitrogen and oxygen atoms in total. The number of carboxylic acids is 1. The predicted octanol–water partition coefficient (Wildman–Crippen LogP) is 4.29. The van der Waals surface area contributed by atoms with Crippen molar-refractivity contribution in [3.05, 3.63) is 77.9 Å². The summed E-state index contributed by atoms with van der Waals surface area (Å²) < 4.78 is 7.74. The van der Waals surface area contributed by atoms with E-state index in [0.29, 0.717) is 12.1 Å². The lowest BCUT2D eigenvalue weighted by Crippen LogP contribution is -2.51. The number of carbonyl (C=O) groups is 3. The van der Waals surface area contributed by atoms with Gasteiger partial charge in [-0.15, -0.1) is 0 Å². The van der Waals surface area contributed by atoms with Crippen LogP contribution < -0.4 is 11.1 Å². The Morgan fingerprint density at radius 2 is 1.92 bits per heavy atom. The lowest BCUT2D eigenvalue weighted by molar-refractivity contribution is -0.132. The van der Waals surface area contributed by atoms with Crippen LogP contribution in [0.15, 0.2) is 59.4 Å². The number of carbonyl (C=O) groups excluding carboxylic acids is 2. The molecule has 0 saturated carbocycles. The van der Waals surface area contributed by atoms with Crippen molar-refractivity contribution in [3.63, 3.8) is 0 Å². The van der Waals surface area contributed by atoms with Crippen LogP contribution in [0, 0.1) is 12.8 Å². The second-order valence-corrected chi connectivity index (χ2v) is 9.88. The number of benzene rings is 1. The fraction of sp³-hybridized carbons (Fsp3) is 0.321. The van der Waals surface area contributed by atoms with Gasteiger partial charge in [-0.25, -0.2) is 19.5 Å². The van der Waals surface area contributed by atoms with Gasteiger partial charge in [-0.05, 0) is 43.0 Å². The van der Waals surface area contributed by atoms with Crippen molar-refractivity contribution >= 4 is 34.5 Å². The Balaban J connectivity index is 1.85. The molecule has 0 spiro atoms. The van der Waals surface area contributed by atoms with Crippen LogP contribution in [-0.4, -0.2) is 48.5 Å². The SMILES string of the molecule is Cc1oc([C@@H](Cc2cn(C)c3ccccc23)N(C(=O)Nc2cccnc2)C(=O)C(N)CC(C)C)nc1C(=O)O. The van der Waals surface area contributed by atoms with Crippen molar-refractivity contribution in [2.24, 2.45) is 18.7 Å². The Kier molecular flexibility index (Phi) is 8.10. The van der Waals surface area contributed by atoms with Crippen LogP contribution >= 0.6 is 0 Å². The number of carboxylic acid groups (broad SMARTS) is 1. The number of rotatable bonds is 9. The van der Waals surface area contributed by atoms with Gasteiger partial charge in [0, 0.05) is 36.8 Å². The molecule has 0 aliphatic carbocycles. The highest BCUT2D eigenvalue weighted by Crippen LogP contribution is 2.32. The number of urea groups is 1. The van der Waals surface area contributed by atoms with Gasteiger partial charge < -0.3 is 25.1 Å². The first kappa shape index (κ1) is 27.5. The third kappa shape index (κ3) is 5.99. The lowest BCUT2D eigenvalue weighted by atomic mass is 10.00. The van der Waals surface area contributed by atoms with E-state index in [0.717, 1.165) is 21.4 Å². The van der Waals surface area contributed by atoms with Gasteiger partial charge in [0.2, 0.25) is 11.8 Å². The minimum absolute atomic E-state index is 0.0620. The number of nitrogens with one attached hydrogen (secondary N) is 1. The summed E-state index contributed by atoms with van der Waals surface area (Å²) in [4.78, 5) is 48.6. The van der Waals surface area contributed by atoms with E-state index < -0.39 is 30.0 Å². The van der Waals surface area contributed by atoms with Crippen molar-refractivity contribution in [1.82, 2.24) is 19.4 Å². The van der Waals surface area contributed by atoms with Crippen LogP contribution in [-0.2, 0) is 18.3 Å². The fourth-order valence-corrected chi connectivity index (χ4v) is 4.65. The van der Waals surface area contributed by atoms with Crippen molar-refractivity contribution in [2.45, 2.75) is 45.7 Å². The zero-order valence-corrected chi connectivity index (χ0v) is 22.3. The molecule has 1 unspecified atom stereocenters. The highest BCUT2D eigenvalue weighted by molar-refractivity contribution is 6.03. The van der Waals surface area contributed by atoms with Crippen LogP contribution in [0.1, 0.15) is 54.0 Å². The molecule has 0 radical (unpaired) electrons. The molecular weight excluding hydrogens is 500 g/mol. The number of fused-ring (bicyclic) bond motifs is 1. The van der Waals surface area contributed by atoms with Gasteiger partial charge in [-0.1, -0.05) is 32.0 Å². The summed E-state index contributed by atoms with van der Waals surface area (Å²) in [7, 11) is 1.90. The first-order chi connectivity index (χ1) is 18.6. The molecule has 0 fully saturated rings. The summed E-state index contributed by atoms with van der Waals surface area (Å²) in [6.45, 7) is 5.33. The summed E-state index contributed by atoms with van der Waals surface area (Å²) in [5, 5.41) is 13.2. The molecule has 0 saturated heterocycles. The normalized spacial score (nSPS) is 12.9. The monoisotopic (exact) mass is 532 g/mol. The maximum atomic E-state index is 13.8. The molecule has 3 heterocycles. The molecule has 0 aliphatic heterocycles. The molecule has 39 heavy (non-hydrogen) atoms. The molecule has 204 valence electrons. The maximum Gasteiger partial charge on any atom is 0.358 e. The number of pyridine rings is 1. The van der Waals surface area contributed by atoms with Crippen LogP contribution in [0.5, 0.6) is 0 Å². The van der Waals surface area contributed by atoms with Gasteiger partial charge in [0.25, 0.3) is 0 Å². The molecule has 3 amide bonds. The summed E-state index contributed by atoms with van der Waals surface area (Å²) in [5.74, 6) is -1.84. The van der Waals surface area contributed by atoms with Crippen molar-refractivity contribution in [3.8, 4) is 0 Å². The minimum atomic E-state index is -1.28. The number of hydrogen-bond donors (Lipinski definition) is 3. The van der Waals surface area contributed by atoms with E-state index in [2.05, 4.69) is 15.3 Å². The van der Waals surface area contributed by atoms with Gasteiger partial charge in [0.05, 0.1) is 17.9 Å². The molecular formula is C28H32N6O5. The number of nitrogens with zero attached hydrogens (tertiary/aromatic N) is 4. The number of imide groups is 1. The van der Waals surface area contributed by atoms with E-state index in [-0.39, 0.29) is 29.7 Å². The quantitative estimate of drug-likeness (QED) is 0.288. The van der Waals surface area contributed by atoms with E-state index in [1.165, 1.54) is 13.1 Å². The highest BCUT2D eigenvalue weighted by Gasteiger charge is 2.38. The van der Waals surface area contributed by atoms with Gasteiger partial charge in [0.15, 0.2) is 5.69 Å². The number of amides is 3. The first-order valence-electron chi connectivity index (χ1n) is 12.6. The smallest absolute Gasteiger partial charge is 0.358 e. The largest absolute Gasteiger partial charge is 0.476 e. The average Bonchev–Trinajstić information content (AvgIpc) is 3.43. The molecule has 4 rings (SSSR count). The van der Waals surface area contributed by atoms with Gasteiger partial charge >= 0.3 is 12.0 Å². The number of aromatic nitrogens is 3. The number of aryl methyl sites for hydroxylation is 2. The molecule has 2 atom stereocenters. The minimum Gasteiger partial charge on any atom is -0.476 e. The third-order valence-electron chi connectivity index (χ3n) is 6.42. The molecule has 11 heteroatoms. The van der Waals surface area contributed by atoms with Crippen LogP contribution in [0.3, 0.4) is 0 Å². The van der Waals surface area contributed by atoms with E-state index in [1.807, 2.05) is 55.9 Å². The fourth-order valence-electron chi connectivity index (χ4n) is 4.65. The Morgan fingerprint density at radius 3 is 2.56 bits per heavy atom. The first-order valence-corrected chi connectivity index (χ1v) is 12.6. The predicted molar refractivity (Wildman–Crippen MR) is 145 cm³/mol. The molecule has 4 N–H and O–H groups in total. The van der Waals surface area contributed by atoms with E-state index in [1.54, 1.807) is 18.3 Å². The standard InChI is InChI=1S/C28H32N6O5/c1-16(2)12-21(29)26(35)34(28(38)31-19-8-7-11-30-14-19)23(25-32-24(27(36)37)17(3)39-25)13-18-15-33(4)22-10-6-5-9-20(18)22/h5-11,14-16,21,23H,12-13,29H2,1-4H3,(H,31,38)(H,36,37)/t21?,23-/m1/s1. The number of para-hydroxylation sites is 1. The summed E-state index contributed by atoms with van der Waals surface area (Å²) in [6.07, 6.45) is 5.36. The Hall–Kier alpha value is -4.51. The third-order valence-corrected chi connectivity index (χ3v) is 6.42. The summed E-state index contributed by atoms with van der Waals surface area (Å²) in [5.41, 5.74) is 8.15. The lowest BCUT2D eigenvalue weighted by Gasteiger charge is -2.30. The number of nitrogens with two attached hydrogens (primary N) is 1. The Bertz CT molecular complexity index is 1490. The van der Waals surface area contributed by atoms with Gasteiger partial charge in [0.1, 0.15) is 11.8 Å². The number of anilines is 1. The number of oxazole rings is 1. The molecule has 4 aromatic rings. The highest BCUT2D eigenvalue weighted by atomic mass is 16.4. The topological polar surface area (TPSA) is 157 Å². The molecule has 0 aliphatic rings. The van der Waals surface area contributed by atoms with Gasteiger partial charge in [-0.2, -0.15) is 0 Å². The zero-order chi connectivity index (χ0) is 28.3. The molecule has 0 bridgehead atoms. The second-order valence-electron chi connectivity index (χ2n) is 9.88. The Morgan fingerprint density at radius 1 is 1.18 bits per heavy atom. The van der Waals surface area contributed by atoms with Crippen LogP contribution in [0.2, 0.25) is 0 Å². The van der Waals surface area contributed by atoms with Crippen LogP contribution in [0.4, 0.5) is 10.5 Å². The van der Waals surface area contributed by atoms with E-state index in [4.69, 9.17) is 10.2 Å². The van der Waals surface area contributed by atoms with E-state index >= 15 is 0 Å². The number of hydrogen-bond acceptors (Lipinski definition) is 7. The average molecular weight is 533 g/mol. The molecule has 1 aromatic carbocycles. The summed E-state index contributed by atoms with van der Waals surface area (Å²) >= 11 is 0. The molecule has 3 aromatic heterocycles. The Labute approximate surface area is 225 Å². The van der Waals surface area contributed by atoms with Crippen LogP contribution in [0.25, 0.3) is 10.9 Å². The summed E-state index contributed by atoms with van der Waals surface area (Å²) in [6, 6.07) is 8.16. The zero-order valence-electron chi connectivity index (χ0n) is 22.3. The maximum absolute atomic E-state index is 13.8. The number of aromatic carboxylic acids is 1. The van der Waals surface area contributed by atoms with E-state index in [9.17, 15) is 19.5 Å². The van der Waals surface area contributed by atoms with Gasteiger partial charge in [-0.3, -0.25) is 9.78 Å². The van der Waals surface area contributed by atoms with Crippen molar-refractivity contribution in [1.29, 1.82) is 0 Å². The van der Waals surface area contributed by atoms with Crippen molar-refractivity contribution in [2.75, 3.05) is 5.32 Å².